The Morgan fingerprint density at radius 3 is 2.89 bits per heavy atom. The molecule has 0 bridgehead atoms. The fourth-order valence-corrected chi connectivity index (χ4v) is 1.96. The van der Waals surface area contributed by atoms with Crippen LogP contribution in [0.2, 0.25) is 0 Å². The van der Waals surface area contributed by atoms with Crippen LogP contribution >= 0.6 is 0 Å². The molecule has 0 aliphatic carbocycles. The Morgan fingerprint density at radius 1 is 1.50 bits per heavy atom. The molecule has 1 rings (SSSR count). The molecular formula is C13H26N4O. The maximum atomic E-state index is 5.53. The van der Waals surface area contributed by atoms with E-state index in [1.54, 1.807) is 7.11 Å². The third-order valence-electron chi connectivity index (χ3n) is 2.69. The highest BCUT2D eigenvalue weighted by molar-refractivity contribution is 4.96. The van der Waals surface area contributed by atoms with Crippen LogP contribution in [0.3, 0.4) is 0 Å². The predicted octanol–water partition coefficient (Wildman–Crippen LogP) is 0.946. The minimum Gasteiger partial charge on any atom is -0.383 e. The van der Waals surface area contributed by atoms with Gasteiger partial charge in [-0.3, -0.25) is 4.90 Å². The lowest BCUT2D eigenvalue weighted by Gasteiger charge is -2.22. The van der Waals surface area contributed by atoms with E-state index in [2.05, 4.69) is 29.9 Å². The summed E-state index contributed by atoms with van der Waals surface area (Å²) in [4.78, 5) is 6.79. The number of rotatable bonds is 9. The summed E-state index contributed by atoms with van der Waals surface area (Å²) in [5.41, 5.74) is 6.62. The molecule has 0 aromatic carbocycles. The number of imidazole rings is 1. The average Bonchev–Trinajstić information content (AvgIpc) is 2.73. The lowest BCUT2D eigenvalue weighted by Crippen LogP contribution is -2.30. The van der Waals surface area contributed by atoms with Crippen molar-refractivity contribution in [3.05, 3.63) is 18.2 Å². The van der Waals surface area contributed by atoms with Crippen LogP contribution in [0.1, 0.15) is 19.5 Å². The Labute approximate surface area is 110 Å². The number of nitrogens with zero attached hydrogens (tertiary/aromatic N) is 3. The minimum atomic E-state index is 0.646. The van der Waals surface area contributed by atoms with Crippen LogP contribution in [-0.2, 0) is 17.8 Å². The second kappa shape index (κ2) is 8.24. The van der Waals surface area contributed by atoms with Gasteiger partial charge in [0.05, 0.1) is 18.6 Å². The van der Waals surface area contributed by atoms with Crippen molar-refractivity contribution in [2.45, 2.75) is 26.9 Å². The zero-order chi connectivity index (χ0) is 13.4. The molecule has 2 N–H and O–H groups in total. The molecule has 1 aromatic heterocycles. The molecule has 0 spiro atoms. The van der Waals surface area contributed by atoms with Gasteiger partial charge in [-0.25, -0.2) is 4.98 Å². The van der Waals surface area contributed by atoms with Gasteiger partial charge >= 0.3 is 0 Å². The van der Waals surface area contributed by atoms with Gasteiger partial charge in [0.25, 0.3) is 0 Å². The fraction of sp³-hybridized carbons (Fsp3) is 0.769. The topological polar surface area (TPSA) is 56.3 Å². The van der Waals surface area contributed by atoms with Crippen molar-refractivity contribution in [1.29, 1.82) is 0 Å². The Balaban J connectivity index is 2.51. The van der Waals surface area contributed by atoms with Crippen LogP contribution < -0.4 is 5.73 Å². The summed E-state index contributed by atoms with van der Waals surface area (Å²) in [5.74, 6) is 0.646. The molecule has 0 fully saturated rings. The Bertz CT molecular complexity index is 325. The lowest BCUT2D eigenvalue weighted by atomic mass is 10.2. The summed E-state index contributed by atoms with van der Waals surface area (Å²) in [6.07, 6.45) is 3.93. The highest BCUT2D eigenvalue weighted by Crippen LogP contribution is 2.05. The molecular weight excluding hydrogens is 228 g/mol. The standard InChI is InChI=1S/C13H26N4O/c1-12(2)8-16(6-7-18-3)9-13-10-17(5-4-14)11-15-13/h10-12H,4-9,14H2,1-3H3. The van der Waals surface area contributed by atoms with Gasteiger partial charge in [0, 0.05) is 46.0 Å². The largest absolute Gasteiger partial charge is 0.383 e. The van der Waals surface area contributed by atoms with Crippen molar-refractivity contribution in [3.63, 3.8) is 0 Å². The lowest BCUT2D eigenvalue weighted by molar-refractivity contribution is 0.135. The minimum absolute atomic E-state index is 0.646. The zero-order valence-electron chi connectivity index (χ0n) is 11.8. The first-order valence-corrected chi connectivity index (χ1v) is 6.57. The summed E-state index contributed by atoms with van der Waals surface area (Å²) >= 11 is 0. The number of hydrogen-bond donors (Lipinski definition) is 1. The maximum absolute atomic E-state index is 5.53. The molecule has 0 amide bonds. The first-order chi connectivity index (χ1) is 8.65. The van der Waals surface area contributed by atoms with E-state index >= 15 is 0 Å². The molecule has 0 aliphatic heterocycles. The van der Waals surface area contributed by atoms with Gasteiger partial charge in [-0.2, -0.15) is 0 Å². The van der Waals surface area contributed by atoms with E-state index in [-0.39, 0.29) is 0 Å². The molecule has 0 saturated carbocycles. The quantitative estimate of drug-likeness (QED) is 0.713. The van der Waals surface area contributed by atoms with Gasteiger partial charge < -0.3 is 15.0 Å². The summed E-state index contributed by atoms with van der Waals surface area (Å²) in [5, 5.41) is 0. The van der Waals surface area contributed by atoms with Gasteiger partial charge in [-0.1, -0.05) is 13.8 Å². The van der Waals surface area contributed by atoms with Crippen molar-refractivity contribution in [2.75, 3.05) is 33.4 Å². The number of hydrogen-bond acceptors (Lipinski definition) is 4. The Kier molecular flexibility index (Phi) is 6.93. The highest BCUT2D eigenvalue weighted by atomic mass is 16.5. The monoisotopic (exact) mass is 254 g/mol. The SMILES string of the molecule is COCCN(Cc1cn(CCN)cn1)CC(C)C. The van der Waals surface area contributed by atoms with Crippen LogP contribution in [0.4, 0.5) is 0 Å². The first kappa shape index (κ1) is 15.1. The molecule has 0 saturated heterocycles. The van der Waals surface area contributed by atoms with Gasteiger partial charge in [0.2, 0.25) is 0 Å². The molecule has 0 atom stereocenters. The van der Waals surface area contributed by atoms with E-state index in [0.29, 0.717) is 12.5 Å². The third kappa shape index (κ3) is 5.62. The normalized spacial score (nSPS) is 11.7. The van der Waals surface area contributed by atoms with Crippen molar-refractivity contribution in [2.24, 2.45) is 11.7 Å². The van der Waals surface area contributed by atoms with Crippen LogP contribution in [0.25, 0.3) is 0 Å². The first-order valence-electron chi connectivity index (χ1n) is 6.57. The van der Waals surface area contributed by atoms with Crippen molar-refractivity contribution in [3.8, 4) is 0 Å². The molecule has 18 heavy (non-hydrogen) atoms. The van der Waals surface area contributed by atoms with E-state index in [0.717, 1.165) is 38.5 Å². The Hall–Kier alpha value is -0.910. The molecule has 5 heteroatoms. The van der Waals surface area contributed by atoms with Crippen LogP contribution in [0.15, 0.2) is 12.5 Å². The molecule has 0 radical (unpaired) electrons. The van der Waals surface area contributed by atoms with Gasteiger partial charge in [-0.05, 0) is 5.92 Å². The van der Waals surface area contributed by atoms with Gasteiger partial charge in [-0.15, -0.1) is 0 Å². The van der Waals surface area contributed by atoms with E-state index in [1.807, 2.05) is 10.9 Å². The number of methoxy groups -OCH3 is 1. The second-order valence-corrected chi connectivity index (χ2v) is 5.01. The van der Waals surface area contributed by atoms with E-state index in [1.165, 1.54) is 0 Å². The van der Waals surface area contributed by atoms with Gasteiger partial charge in [0.1, 0.15) is 0 Å². The highest BCUT2D eigenvalue weighted by Gasteiger charge is 2.09. The van der Waals surface area contributed by atoms with Crippen molar-refractivity contribution in [1.82, 2.24) is 14.5 Å². The fourth-order valence-electron chi connectivity index (χ4n) is 1.96. The number of ether oxygens (including phenoxy) is 1. The Morgan fingerprint density at radius 2 is 2.28 bits per heavy atom. The van der Waals surface area contributed by atoms with Crippen molar-refractivity contribution < 1.29 is 4.74 Å². The smallest absolute Gasteiger partial charge is 0.0950 e. The molecule has 1 aromatic rings. The van der Waals surface area contributed by atoms with E-state index < -0.39 is 0 Å². The van der Waals surface area contributed by atoms with E-state index in [9.17, 15) is 0 Å². The predicted molar refractivity (Wildman–Crippen MR) is 73.3 cm³/mol. The van der Waals surface area contributed by atoms with Crippen LogP contribution in [0.5, 0.6) is 0 Å². The van der Waals surface area contributed by atoms with Crippen molar-refractivity contribution >= 4 is 0 Å². The van der Waals surface area contributed by atoms with Crippen LogP contribution in [0, 0.1) is 5.92 Å². The van der Waals surface area contributed by atoms with Crippen LogP contribution in [-0.4, -0.2) is 47.8 Å². The molecule has 0 unspecified atom stereocenters. The zero-order valence-corrected chi connectivity index (χ0v) is 11.8. The maximum Gasteiger partial charge on any atom is 0.0950 e. The second-order valence-electron chi connectivity index (χ2n) is 5.01. The molecule has 104 valence electrons. The average molecular weight is 254 g/mol. The summed E-state index contributed by atoms with van der Waals surface area (Å²) < 4.78 is 7.19. The van der Waals surface area contributed by atoms with Gasteiger partial charge in [0.15, 0.2) is 0 Å². The van der Waals surface area contributed by atoms with E-state index in [4.69, 9.17) is 10.5 Å². The number of nitrogens with two attached hydrogens (primary N) is 1. The molecule has 1 heterocycles. The molecule has 0 aliphatic rings. The molecule has 5 nitrogen and oxygen atoms in total. The summed E-state index contributed by atoms with van der Waals surface area (Å²) in [6.45, 7) is 9.57. The summed E-state index contributed by atoms with van der Waals surface area (Å²) in [6, 6.07) is 0. The third-order valence-corrected chi connectivity index (χ3v) is 2.69. The summed E-state index contributed by atoms with van der Waals surface area (Å²) in [7, 11) is 1.74. The number of aromatic nitrogens is 2.